The van der Waals surface area contributed by atoms with Crippen molar-refractivity contribution in [1.82, 2.24) is 9.13 Å². The maximum atomic E-state index is 2.47. The van der Waals surface area contributed by atoms with Gasteiger partial charge in [0.15, 0.2) is 0 Å². The van der Waals surface area contributed by atoms with Gasteiger partial charge in [-0.25, -0.2) is 0 Å². The van der Waals surface area contributed by atoms with Crippen LogP contribution in [0.25, 0.3) is 72.4 Å². The van der Waals surface area contributed by atoms with E-state index in [1.165, 1.54) is 77.6 Å². The summed E-state index contributed by atoms with van der Waals surface area (Å²) in [4.78, 5) is 0. The number of fused-ring (bicyclic) bond motifs is 6. The third-order valence-corrected chi connectivity index (χ3v) is 9.40. The van der Waals surface area contributed by atoms with E-state index in [1.54, 1.807) is 0 Å². The zero-order valence-corrected chi connectivity index (χ0v) is 24.6. The highest BCUT2D eigenvalue weighted by molar-refractivity contribution is 6.10. The molecule has 2 heteroatoms. The quantitative estimate of drug-likeness (QED) is 0.201. The molecule has 2 aliphatic carbocycles. The van der Waals surface area contributed by atoms with E-state index in [9.17, 15) is 0 Å². The van der Waals surface area contributed by atoms with Gasteiger partial charge in [-0.05, 0) is 114 Å². The Morgan fingerprint density at radius 2 is 1.14 bits per heavy atom. The fourth-order valence-electron chi connectivity index (χ4n) is 7.35. The van der Waals surface area contributed by atoms with Crippen molar-refractivity contribution < 1.29 is 0 Å². The Hall–Kier alpha value is -5.34. The second kappa shape index (κ2) is 10.1. The van der Waals surface area contributed by atoms with Crippen molar-refractivity contribution in [2.24, 2.45) is 0 Å². The van der Waals surface area contributed by atoms with E-state index in [1.807, 2.05) is 0 Å². The smallest absolute Gasteiger partial charge is 0.0541 e. The third kappa shape index (κ3) is 3.95. The molecule has 0 unspecified atom stereocenters. The molecule has 0 fully saturated rings. The largest absolute Gasteiger partial charge is 0.310 e. The molecule has 0 saturated carbocycles. The van der Waals surface area contributed by atoms with Gasteiger partial charge >= 0.3 is 0 Å². The number of aromatic nitrogens is 2. The minimum Gasteiger partial charge on any atom is -0.310 e. The SMILES string of the molecule is C1=CC(n2c3c(c4cc(-c5cccc(-c6ccc7c(c6)c6ccccc6n7-c6ccccc6)c5)ccc42)CCC=C3)=CCC1. The first-order chi connectivity index (χ1) is 21.8. The predicted octanol–water partition coefficient (Wildman–Crippen LogP) is 11.2. The van der Waals surface area contributed by atoms with Crippen molar-refractivity contribution in [3.05, 3.63) is 151 Å². The van der Waals surface area contributed by atoms with Crippen LogP contribution in [-0.2, 0) is 6.42 Å². The van der Waals surface area contributed by atoms with Crippen LogP contribution in [0.4, 0.5) is 0 Å². The molecule has 0 amide bonds. The lowest BCUT2D eigenvalue weighted by Gasteiger charge is -2.15. The summed E-state index contributed by atoms with van der Waals surface area (Å²) in [5.74, 6) is 0. The zero-order valence-electron chi connectivity index (χ0n) is 24.6. The van der Waals surface area contributed by atoms with Crippen molar-refractivity contribution >= 4 is 44.5 Å². The van der Waals surface area contributed by atoms with Crippen LogP contribution in [0.1, 0.15) is 30.5 Å². The number of rotatable bonds is 4. The molecule has 7 aromatic rings. The van der Waals surface area contributed by atoms with Crippen LogP contribution in [0.15, 0.2) is 140 Å². The molecule has 210 valence electrons. The molecule has 0 bridgehead atoms. The second-order valence-electron chi connectivity index (χ2n) is 12.0. The number of allylic oxidation sites excluding steroid dienone is 5. The topological polar surface area (TPSA) is 9.86 Å². The first-order valence-electron chi connectivity index (χ1n) is 15.7. The van der Waals surface area contributed by atoms with E-state index < -0.39 is 0 Å². The van der Waals surface area contributed by atoms with Gasteiger partial charge < -0.3 is 9.13 Å². The third-order valence-electron chi connectivity index (χ3n) is 9.40. The van der Waals surface area contributed by atoms with Crippen LogP contribution in [0, 0.1) is 0 Å². The first-order valence-corrected chi connectivity index (χ1v) is 15.7. The predicted molar refractivity (Wildman–Crippen MR) is 187 cm³/mol. The lowest BCUT2D eigenvalue weighted by molar-refractivity contribution is 0.963. The summed E-state index contributed by atoms with van der Waals surface area (Å²) in [6.45, 7) is 0. The van der Waals surface area contributed by atoms with E-state index in [0.29, 0.717) is 0 Å². The van der Waals surface area contributed by atoms with Gasteiger partial charge in [0.1, 0.15) is 0 Å². The molecule has 0 atom stereocenters. The number of nitrogens with zero attached hydrogens (tertiary/aromatic N) is 2. The monoisotopic (exact) mass is 564 g/mol. The summed E-state index contributed by atoms with van der Waals surface area (Å²) in [5, 5.41) is 3.93. The fourth-order valence-corrected chi connectivity index (χ4v) is 7.35. The van der Waals surface area contributed by atoms with Crippen molar-refractivity contribution in [2.45, 2.75) is 25.7 Å². The van der Waals surface area contributed by atoms with Gasteiger partial charge in [0.2, 0.25) is 0 Å². The van der Waals surface area contributed by atoms with Gasteiger partial charge in [0, 0.05) is 33.2 Å². The second-order valence-corrected chi connectivity index (χ2v) is 12.0. The van der Waals surface area contributed by atoms with E-state index >= 15 is 0 Å². The summed E-state index contributed by atoms with van der Waals surface area (Å²) in [6, 6.07) is 42.4. The number of hydrogen-bond acceptors (Lipinski definition) is 0. The Morgan fingerprint density at radius 3 is 1.93 bits per heavy atom. The molecule has 0 radical (unpaired) electrons. The highest BCUT2D eigenvalue weighted by atomic mass is 15.0. The van der Waals surface area contributed by atoms with E-state index in [-0.39, 0.29) is 0 Å². The molecule has 0 N–H and O–H groups in total. The molecule has 0 aliphatic heterocycles. The van der Waals surface area contributed by atoms with Crippen LogP contribution < -0.4 is 0 Å². The number of aryl methyl sites for hydroxylation is 1. The number of benzene rings is 5. The molecule has 9 rings (SSSR count). The van der Waals surface area contributed by atoms with Crippen molar-refractivity contribution in [3.63, 3.8) is 0 Å². The van der Waals surface area contributed by atoms with Crippen molar-refractivity contribution in [2.75, 3.05) is 0 Å². The maximum absolute atomic E-state index is 2.47. The van der Waals surface area contributed by atoms with E-state index in [2.05, 4.69) is 155 Å². The summed E-state index contributed by atoms with van der Waals surface area (Å²) in [7, 11) is 0. The van der Waals surface area contributed by atoms with E-state index in [4.69, 9.17) is 0 Å². The average Bonchev–Trinajstić information content (AvgIpc) is 3.61. The van der Waals surface area contributed by atoms with Gasteiger partial charge in [0.05, 0.1) is 16.6 Å². The van der Waals surface area contributed by atoms with Gasteiger partial charge in [0.25, 0.3) is 0 Å². The Bertz CT molecular complexity index is 2320. The van der Waals surface area contributed by atoms with Gasteiger partial charge in [-0.15, -0.1) is 0 Å². The maximum Gasteiger partial charge on any atom is 0.0541 e. The normalized spacial score (nSPS) is 14.4. The van der Waals surface area contributed by atoms with E-state index in [0.717, 1.165) is 25.7 Å². The molecule has 2 nitrogen and oxygen atoms in total. The lowest BCUT2D eigenvalue weighted by Crippen LogP contribution is -2.02. The Labute approximate surface area is 257 Å². The zero-order chi connectivity index (χ0) is 29.0. The molecular formula is C42H32N2. The van der Waals surface area contributed by atoms with Crippen LogP contribution in [-0.4, -0.2) is 9.13 Å². The molecule has 2 aliphatic rings. The van der Waals surface area contributed by atoms with Crippen LogP contribution in [0.3, 0.4) is 0 Å². The Morgan fingerprint density at radius 1 is 0.455 bits per heavy atom. The minimum absolute atomic E-state index is 1.09. The summed E-state index contributed by atoms with van der Waals surface area (Å²) >= 11 is 0. The van der Waals surface area contributed by atoms with Crippen molar-refractivity contribution in [1.29, 1.82) is 0 Å². The first kappa shape index (κ1) is 25.2. The average molecular weight is 565 g/mol. The number of para-hydroxylation sites is 2. The van der Waals surface area contributed by atoms with Crippen LogP contribution in [0.2, 0.25) is 0 Å². The summed E-state index contributed by atoms with van der Waals surface area (Å²) < 4.78 is 4.85. The Kier molecular flexibility index (Phi) is 5.80. The summed E-state index contributed by atoms with van der Waals surface area (Å²) in [6.07, 6.45) is 16.0. The van der Waals surface area contributed by atoms with Crippen molar-refractivity contribution in [3.8, 4) is 27.9 Å². The highest BCUT2D eigenvalue weighted by Gasteiger charge is 2.20. The van der Waals surface area contributed by atoms with Crippen LogP contribution in [0.5, 0.6) is 0 Å². The number of hydrogen-bond donors (Lipinski definition) is 0. The van der Waals surface area contributed by atoms with Gasteiger partial charge in [-0.1, -0.05) is 85.0 Å². The molecular weight excluding hydrogens is 532 g/mol. The molecule has 0 saturated heterocycles. The highest BCUT2D eigenvalue weighted by Crippen LogP contribution is 2.39. The molecule has 0 spiro atoms. The molecule has 2 heterocycles. The molecule has 44 heavy (non-hydrogen) atoms. The summed E-state index contributed by atoms with van der Waals surface area (Å²) in [5.41, 5.74) is 14.1. The van der Waals surface area contributed by atoms with Crippen LogP contribution >= 0.6 is 0 Å². The minimum atomic E-state index is 1.09. The van der Waals surface area contributed by atoms with Gasteiger partial charge in [-0.2, -0.15) is 0 Å². The fraction of sp³-hybridized carbons (Fsp3) is 0.0952. The molecule has 2 aromatic heterocycles. The lowest BCUT2D eigenvalue weighted by atomic mass is 9.95. The van der Waals surface area contributed by atoms with Gasteiger partial charge in [-0.3, -0.25) is 0 Å². The standard InChI is InChI=1S/C42H32N2/c1-3-14-33(15-4-1)43-39-20-9-7-18-35(39)37-27-31(22-24-41(37)43)29-12-11-13-30(26-29)32-23-25-42-38(28-32)36-19-8-10-21-40(36)44(42)34-16-5-2-6-17-34/h1,3-5,7,9-18,20-28H,2,6,8,19H2. The molecule has 5 aromatic carbocycles. The Balaban J connectivity index is 1.16.